The van der Waals surface area contributed by atoms with Gasteiger partial charge in [0.1, 0.15) is 0 Å². The van der Waals surface area contributed by atoms with Crippen LogP contribution in [0.2, 0.25) is 0 Å². The second kappa shape index (κ2) is 5.19. The third-order valence-electron chi connectivity index (χ3n) is 3.88. The predicted molar refractivity (Wildman–Crippen MR) is 85.0 cm³/mol. The van der Waals surface area contributed by atoms with Crippen LogP contribution in [0.4, 0.5) is 5.69 Å². The SMILES string of the molecule is Cc1cccc(S(=O)(=O)N2CC(C)Cc3ccccc32)c1. The van der Waals surface area contributed by atoms with Crippen LogP contribution in [-0.4, -0.2) is 15.0 Å². The maximum atomic E-state index is 13.0. The van der Waals surface area contributed by atoms with Crippen molar-refractivity contribution in [3.8, 4) is 0 Å². The van der Waals surface area contributed by atoms with Crippen LogP contribution < -0.4 is 4.31 Å². The van der Waals surface area contributed by atoms with Gasteiger partial charge in [-0.1, -0.05) is 37.3 Å². The van der Waals surface area contributed by atoms with Gasteiger partial charge in [-0.05, 0) is 48.6 Å². The molecule has 3 nitrogen and oxygen atoms in total. The summed E-state index contributed by atoms with van der Waals surface area (Å²) in [6, 6.07) is 14.9. The summed E-state index contributed by atoms with van der Waals surface area (Å²) < 4.78 is 27.5. The van der Waals surface area contributed by atoms with Crippen molar-refractivity contribution in [2.75, 3.05) is 10.8 Å². The Bertz CT molecular complexity index is 768. The van der Waals surface area contributed by atoms with Gasteiger partial charge in [0.05, 0.1) is 10.6 Å². The molecule has 0 fully saturated rings. The van der Waals surface area contributed by atoms with Crippen molar-refractivity contribution in [1.29, 1.82) is 0 Å². The summed E-state index contributed by atoms with van der Waals surface area (Å²) in [7, 11) is -3.50. The number of anilines is 1. The first-order valence-electron chi connectivity index (χ1n) is 7.16. The van der Waals surface area contributed by atoms with Gasteiger partial charge in [0.15, 0.2) is 0 Å². The predicted octanol–water partition coefficient (Wildman–Crippen LogP) is 3.38. The summed E-state index contributed by atoms with van der Waals surface area (Å²) in [5.74, 6) is 0.319. The molecule has 0 radical (unpaired) electrons. The normalized spacial score (nSPS) is 18.4. The Morgan fingerprint density at radius 1 is 1.10 bits per heavy atom. The zero-order valence-corrected chi connectivity index (χ0v) is 13.1. The highest BCUT2D eigenvalue weighted by Gasteiger charge is 2.31. The highest BCUT2D eigenvalue weighted by atomic mass is 32.2. The molecule has 2 aromatic rings. The van der Waals surface area contributed by atoms with Crippen LogP contribution in [-0.2, 0) is 16.4 Å². The van der Waals surface area contributed by atoms with Gasteiger partial charge in [0, 0.05) is 6.54 Å². The molecule has 1 aliphatic rings. The Hall–Kier alpha value is -1.81. The third kappa shape index (κ3) is 2.56. The molecular weight excluding hydrogens is 282 g/mol. The highest BCUT2D eigenvalue weighted by molar-refractivity contribution is 7.92. The van der Waals surface area contributed by atoms with E-state index in [1.165, 1.54) is 0 Å². The lowest BCUT2D eigenvalue weighted by molar-refractivity contribution is 0.544. The fourth-order valence-corrected chi connectivity index (χ4v) is 4.61. The van der Waals surface area contributed by atoms with E-state index in [4.69, 9.17) is 0 Å². The van der Waals surface area contributed by atoms with E-state index in [0.717, 1.165) is 23.2 Å². The largest absolute Gasteiger partial charge is 0.266 e. The van der Waals surface area contributed by atoms with Crippen LogP contribution in [0.3, 0.4) is 0 Å². The van der Waals surface area contributed by atoms with Crippen molar-refractivity contribution >= 4 is 15.7 Å². The number of fused-ring (bicyclic) bond motifs is 1. The molecule has 110 valence electrons. The highest BCUT2D eigenvalue weighted by Crippen LogP contribution is 2.33. The number of rotatable bonds is 2. The first kappa shape index (κ1) is 14.1. The molecule has 1 atom stereocenters. The molecule has 2 aromatic carbocycles. The van der Waals surface area contributed by atoms with Crippen molar-refractivity contribution < 1.29 is 8.42 Å². The molecular formula is C17H19NO2S. The minimum absolute atomic E-state index is 0.319. The van der Waals surface area contributed by atoms with Crippen LogP contribution in [0.25, 0.3) is 0 Å². The van der Waals surface area contributed by atoms with Crippen LogP contribution in [0.1, 0.15) is 18.1 Å². The minimum atomic E-state index is -3.50. The summed E-state index contributed by atoms with van der Waals surface area (Å²) in [6.07, 6.45) is 0.927. The second-order valence-electron chi connectivity index (χ2n) is 5.79. The Kier molecular flexibility index (Phi) is 3.49. The molecule has 1 unspecified atom stereocenters. The zero-order valence-electron chi connectivity index (χ0n) is 12.3. The quantitative estimate of drug-likeness (QED) is 0.852. The van der Waals surface area contributed by atoms with Crippen LogP contribution in [0.15, 0.2) is 53.4 Å². The fraction of sp³-hybridized carbons (Fsp3) is 0.294. The van der Waals surface area contributed by atoms with Gasteiger partial charge < -0.3 is 0 Å². The lowest BCUT2D eigenvalue weighted by atomic mass is 9.96. The summed E-state index contributed by atoms with van der Waals surface area (Å²) in [5.41, 5.74) is 2.87. The van der Waals surface area contributed by atoms with E-state index in [2.05, 4.69) is 6.92 Å². The first-order chi connectivity index (χ1) is 9.98. The number of sulfonamides is 1. The average molecular weight is 301 g/mol. The standard InChI is InChI=1S/C17H19NO2S/c1-13-6-5-8-16(11-13)21(19,20)18-12-14(2)10-15-7-3-4-9-17(15)18/h3-9,11,14H,10,12H2,1-2H3. The summed E-state index contributed by atoms with van der Waals surface area (Å²) in [6.45, 7) is 4.54. The molecule has 0 aliphatic carbocycles. The molecule has 4 heteroatoms. The van der Waals surface area contributed by atoms with Gasteiger partial charge in [-0.3, -0.25) is 4.31 Å². The molecule has 1 heterocycles. The van der Waals surface area contributed by atoms with Crippen LogP contribution >= 0.6 is 0 Å². The fourth-order valence-electron chi connectivity index (χ4n) is 2.88. The molecule has 0 amide bonds. The Morgan fingerprint density at radius 2 is 1.86 bits per heavy atom. The average Bonchev–Trinajstić information content (AvgIpc) is 2.46. The lowest BCUT2D eigenvalue weighted by Gasteiger charge is -2.33. The van der Waals surface area contributed by atoms with Crippen molar-refractivity contribution in [1.82, 2.24) is 0 Å². The first-order valence-corrected chi connectivity index (χ1v) is 8.60. The number of nitrogens with zero attached hydrogens (tertiary/aromatic N) is 1. The molecule has 0 spiro atoms. The maximum Gasteiger partial charge on any atom is 0.264 e. The van der Waals surface area contributed by atoms with Gasteiger partial charge in [0.25, 0.3) is 10.0 Å². The number of para-hydroxylation sites is 1. The second-order valence-corrected chi connectivity index (χ2v) is 7.65. The van der Waals surface area contributed by atoms with E-state index < -0.39 is 10.0 Å². The third-order valence-corrected chi connectivity index (χ3v) is 5.66. The smallest absolute Gasteiger partial charge is 0.264 e. The van der Waals surface area contributed by atoms with E-state index in [9.17, 15) is 8.42 Å². The molecule has 0 saturated carbocycles. The van der Waals surface area contributed by atoms with Gasteiger partial charge in [0.2, 0.25) is 0 Å². The Morgan fingerprint density at radius 3 is 2.62 bits per heavy atom. The number of aryl methyl sites for hydroxylation is 1. The summed E-state index contributed by atoms with van der Waals surface area (Å²) in [5, 5.41) is 0. The topological polar surface area (TPSA) is 37.4 Å². The van der Waals surface area contributed by atoms with E-state index in [1.54, 1.807) is 22.5 Å². The molecule has 0 bridgehead atoms. The van der Waals surface area contributed by atoms with E-state index >= 15 is 0 Å². The van der Waals surface area contributed by atoms with Crippen molar-refractivity contribution in [3.63, 3.8) is 0 Å². The maximum absolute atomic E-state index is 13.0. The molecule has 0 aromatic heterocycles. The number of hydrogen-bond donors (Lipinski definition) is 0. The molecule has 21 heavy (non-hydrogen) atoms. The van der Waals surface area contributed by atoms with Crippen molar-refractivity contribution in [2.45, 2.75) is 25.2 Å². The van der Waals surface area contributed by atoms with E-state index in [1.807, 2.05) is 37.3 Å². The number of benzene rings is 2. The summed E-state index contributed by atoms with van der Waals surface area (Å²) >= 11 is 0. The minimum Gasteiger partial charge on any atom is -0.266 e. The van der Waals surface area contributed by atoms with Gasteiger partial charge >= 0.3 is 0 Å². The van der Waals surface area contributed by atoms with E-state index in [-0.39, 0.29) is 0 Å². The molecule has 0 N–H and O–H groups in total. The van der Waals surface area contributed by atoms with Gasteiger partial charge in [-0.25, -0.2) is 8.42 Å². The molecule has 3 rings (SSSR count). The van der Waals surface area contributed by atoms with E-state index in [0.29, 0.717) is 17.4 Å². The Balaban J connectivity index is 2.11. The van der Waals surface area contributed by atoms with Gasteiger partial charge in [-0.2, -0.15) is 0 Å². The van der Waals surface area contributed by atoms with Crippen LogP contribution in [0, 0.1) is 12.8 Å². The Labute approximate surface area is 126 Å². The van der Waals surface area contributed by atoms with Crippen LogP contribution in [0.5, 0.6) is 0 Å². The monoisotopic (exact) mass is 301 g/mol. The number of hydrogen-bond acceptors (Lipinski definition) is 2. The lowest BCUT2D eigenvalue weighted by Crippen LogP contribution is -2.39. The zero-order chi connectivity index (χ0) is 15.0. The van der Waals surface area contributed by atoms with Crippen molar-refractivity contribution in [3.05, 3.63) is 59.7 Å². The van der Waals surface area contributed by atoms with Gasteiger partial charge in [-0.15, -0.1) is 0 Å². The molecule has 0 saturated heterocycles. The molecule has 1 aliphatic heterocycles. The van der Waals surface area contributed by atoms with Crippen molar-refractivity contribution in [2.24, 2.45) is 5.92 Å². The summed E-state index contributed by atoms with van der Waals surface area (Å²) in [4.78, 5) is 0.367.